The largest absolute Gasteiger partial charge is 0.396 e. The minimum Gasteiger partial charge on any atom is -0.396 e. The van der Waals surface area contributed by atoms with Crippen LogP contribution in [0.25, 0.3) is 0 Å². The van der Waals surface area contributed by atoms with Gasteiger partial charge in [-0.3, -0.25) is 4.57 Å². The van der Waals surface area contributed by atoms with Crippen LogP contribution in [0, 0.1) is 0 Å². The van der Waals surface area contributed by atoms with Gasteiger partial charge in [0, 0.05) is 141 Å². The third-order valence-corrected chi connectivity index (χ3v) is 12.4. The van der Waals surface area contributed by atoms with Gasteiger partial charge in [-0.25, -0.2) is 0 Å². The molecule has 40 heavy (non-hydrogen) atoms. The number of aliphatic hydroxyl groups is 1. The highest BCUT2D eigenvalue weighted by atomic mass is 31.2. The maximum absolute atomic E-state index is 12.7. The van der Waals surface area contributed by atoms with Crippen LogP contribution in [-0.2, 0) is 40.8 Å². The molecule has 0 aliphatic heterocycles. The molecule has 0 rings (SSSR count). The first-order valence-corrected chi connectivity index (χ1v) is 19.2. The normalized spacial score (nSPS) is 12.9. The van der Waals surface area contributed by atoms with E-state index in [0.29, 0.717) is 19.1 Å². The van der Waals surface area contributed by atoms with Gasteiger partial charge in [0.1, 0.15) is 0 Å². The molecule has 0 saturated heterocycles. The highest BCUT2D eigenvalue weighted by Crippen LogP contribution is 2.46. The fourth-order valence-corrected chi connectivity index (χ4v) is 7.75. The van der Waals surface area contributed by atoms with Crippen molar-refractivity contribution in [3.8, 4) is 0 Å². The molecule has 242 valence electrons. The lowest BCUT2D eigenvalue weighted by atomic mass is 10.3. The van der Waals surface area contributed by atoms with E-state index in [1.54, 1.807) is 42.7 Å². The molecule has 0 aliphatic carbocycles. The zero-order valence-electron chi connectivity index (χ0n) is 25.9. The molecular formula is C23H55N3O10P4. The van der Waals surface area contributed by atoms with Crippen molar-refractivity contribution < 1.29 is 45.9 Å². The molecule has 0 fully saturated rings. The summed E-state index contributed by atoms with van der Waals surface area (Å²) in [6.45, 7) is 7.12. The third kappa shape index (κ3) is 19.3. The second kappa shape index (κ2) is 26.4. The van der Waals surface area contributed by atoms with Crippen molar-refractivity contribution in [2.45, 2.75) is 6.42 Å². The van der Waals surface area contributed by atoms with Crippen LogP contribution in [0.4, 0.5) is 0 Å². The maximum Gasteiger partial charge on any atom is 0.331 e. The summed E-state index contributed by atoms with van der Waals surface area (Å²) in [4.78, 5) is 7.00. The van der Waals surface area contributed by atoms with Crippen molar-refractivity contribution in [1.82, 2.24) is 14.7 Å². The SMILES string of the molecule is COP(CCN(CCN(CCCO)CCN(CCP(OC)OC)CCP(=O)(OC)OC)CCP(OC)OC)OC. The minimum atomic E-state index is -3.12. The second-order valence-corrected chi connectivity index (χ2v) is 16.5. The van der Waals surface area contributed by atoms with E-state index in [0.717, 1.165) is 70.8 Å². The van der Waals surface area contributed by atoms with Gasteiger partial charge in [0.2, 0.25) is 0 Å². The molecule has 13 nitrogen and oxygen atoms in total. The predicted octanol–water partition coefficient (Wildman–Crippen LogP) is 3.57. The quantitative estimate of drug-likeness (QED) is 0.118. The summed E-state index contributed by atoms with van der Waals surface area (Å²) in [5, 5.41) is 9.51. The molecule has 0 radical (unpaired) electrons. The van der Waals surface area contributed by atoms with Crippen LogP contribution in [-0.4, -0.2) is 167 Å². The summed E-state index contributed by atoms with van der Waals surface area (Å²) in [6.07, 6.45) is 3.35. The van der Waals surface area contributed by atoms with Crippen LogP contribution < -0.4 is 0 Å². The molecule has 0 atom stereocenters. The van der Waals surface area contributed by atoms with E-state index in [1.807, 2.05) is 0 Å². The van der Waals surface area contributed by atoms with Gasteiger partial charge in [-0.05, 0) is 6.42 Å². The molecule has 0 amide bonds. The first-order chi connectivity index (χ1) is 19.3. The lowest BCUT2D eigenvalue weighted by Crippen LogP contribution is -2.42. The van der Waals surface area contributed by atoms with Gasteiger partial charge in [-0.2, -0.15) is 0 Å². The van der Waals surface area contributed by atoms with E-state index in [-0.39, 0.29) is 6.61 Å². The van der Waals surface area contributed by atoms with Crippen LogP contribution in [0.2, 0.25) is 0 Å². The Kier molecular flexibility index (Phi) is 27.1. The Morgan fingerprint density at radius 2 is 0.850 bits per heavy atom. The van der Waals surface area contributed by atoms with Crippen molar-refractivity contribution in [1.29, 1.82) is 0 Å². The number of hydrogen-bond acceptors (Lipinski definition) is 13. The number of rotatable bonds is 29. The van der Waals surface area contributed by atoms with E-state index >= 15 is 0 Å². The van der Waals surface area contributed by atoms with E-state index < -0.39 is 32.7 Å². The molecule has 0 aromatic heterocycles. The van der Waals surface area contributed by atoms with Crippen LogP contribution in [0.1, 0.15) is 6.42 Å². The Bertz CT molecular complexity index is 599. The average Bonchev–Trinajstić information content (AvgIpc) is 2.99. The summed E-state index contributed by atoms with van der Waals surface area (Å²) in [5.74, 6) is 0. The summed E-state index contributed by atoms with van der Waals surface area (Å²) >= 11 is 0. The van der Waals surface area contributed by atoms with Crippen molar-refractivity contribution in [2.75, 3.05) is 147 Å². The third-order valence-electron chi connectivity index (χ3n) is 6.36. The Labute approximate surface area is 246 Å². The Morgan fingerprint density at radius 3 is 1.15 bits per heavy atom. The van der Waals surface area contributed by atoms with Crippen LogP contribution in [0.15, 0.2) is 0 Å². The van der Waals surface area contributed by atoms with E-state index in [9.17, 15) is 9.67 Å². The minimum absolute atomic E-state index is 0.138. The summed E-state index contributed by atoms with van der Waals surface area (Å²) in [6, 6.07) is 0. The van der Waals surface area contributed by atoms with Gasteiger partial charge >= 0.3 is 7.60 Å². The molecule has 0 aliphatic rings. The zero-order valence-corrected chi connectivity index (χ0v) is 29.4. The van der Waals surface area contributed by atoms with Gasteiger partial charge < -0.3 is 56.0 Å². The van der Waals surface area contributed by atoms with E-state index in [1.165, 1.54) is 14.2 Å². The van der Waals surface area contributed by atoms with Crippen molar-refractivity contribution in [2.24, 2.45) is 0 Å². The highest BCUT2D eigenvalue weighted by molar-refractivity contribution is 7.53. The van der Waals surface area contributed by atoms with Gasteiger partial charge in [-0.15, -0.1) is 0 Å². The number of hydrogen-bond donors (Lipinski definition) is 1. The summed E-state index contributed by atoms with van der Waals surface area (Å²) < 4.78 is 55.6. The lowest BCUT2D eigenvalue weighted by molar-refractivity contribution is 0.170. The molecule has 0 aromatic rings. The summed E-state index contributed by atoms with van der Waals surface area (Å²) in [7, 11) is 6.91. The Balaban J connectivity index is 5.33. The number of nitrogens with zero attached hydrogens (tertiary/aromatic N) is 3. The number of aliphatic hydroxyl groups excluding tert-OH is 1. The van der Waals surface area contributed by atoms with Crippen molar-refractivity contribution in [3.05, 3.63) is 0 Å². The molecule has 0 unspecified atom stereocenters. The first kappa shape index (κ1) is 41.0. The molecule has 0 bridgehead atoms. The molecule has 0 aromatic carbocycles. The van der Waals surface area contributed by atoms with Crippen LogP contribution in [0.5, 0.6) is 0 Å². The van der Waals surface area contributed by atoms with Crippen molar-refractivity contribution >= 4 is 32.7 Å². The molecule has 0 heterocycles. The first-order valence-electron chi connectivity index (χ1n) is 13.3. The highest BCUT2D eigenvalue weighted by Gasteiger charge is 2.23. The molecule has 1 N–H and O–H groups in total. The second-order valence-electron chi connectivity index (χ2n) is 8.57. The molecule has 0 spiro atoms. The fourth-order valence-electron chi connectivity index (χ4n) is 3.83. The topological polar surface area (TPSA) is 121 Å². The maximum atomic E-state index is 12.7. The van der Waals surface area contributed by atoms with Crippen LogP contribution >= 0.6 is 32.7 Å². The van der Waals surface area contributed by atoms with Gasteiger partial charge in [0.15, 0.2) is 25.1 Å². The Morgan fingerprint density at radius 1 is 0.525 bits per heavy atom. The standard InChI is InChI=1S/C23H55N3O10P4/c1-29-37(30-2)20-15-25(16-21-38(31-3)32-4)13-11-24(10-9-19-27)12-14-26(17-22-39(33-5)34-6)18-23-40(28,35-7)36-8/h27H,9-23H2,1-8H3. The van der Waals surface area contributed by atoms with Crippen molar-refractivity contribution in [3.63, 3.8) is 0 Å². The lowest BCUT2D eigenvalue weighted by Gasteiger charge is -2.31. The Hall–Kier alpha value is 1.04. The molecule has 0 saturated carbocycles. The smallest absolute Gasteiger partial charge is 0.331 e. The van der Waals surface area contributed by atoms with Crippen LogP contribution in [0.3, 0.4) is 0 Å². The average molecular weight is 658 g/mol. The van der Waals surface area contributed by atoms with E-state index in [2.05, 4.69) is 14.7 Å². The van der Waals surface area contributed by atoms with Gasteiger partial charge in [0.05, 0.1) is 6.16 Å². The monoisotopic (exact) mass is 657 g/mol. The fraction of sp³-hybridized carbons (Fsp3) is 1.00. The summed E-state index contributed by atoms with van der Waals surface area (Å²) in [5.41, 5.74) is 0. The molecular weight excluding hydrogens is 602 g/mol. The molecule has 17 heteroatoms. The van der Waals surface area contributed by atoms with E-state index in [4.69, 9.17) is 36.2 Å². The predicted molar refractivity (Wildman–Crippen MR) is 165 cm³/mol. The van der Waals surface area contributed by atoms with Gasteiger partial charge in [-0.1, -0.05) is 0 Å². The van der Waals surface area contributed by atoms with Gasteiger partial charge in [0.25, 0.3) is 0 Å². The zero-order chi connectivity index (χ0) is 30.2.